The lowest BCUT2D eigenvalue weighted by atomic mass is 10.2. The van der Waals surface area contributed by atoms with Crippen LogP contribution in [0.4, 0.5) is 14.5 Å². The second-order valence-electron chi connectivity index (χ2n) is 4.20. The van der Waals surface area contributed by atoms with Crippen LogP contribution in [0.2, 0.25) is 0 Å². The first-order valence-electron chi connectivity index (χ1n) is 5.99. The monoisotopic (exact) mass is 293 g/mol. The van der Waals surface area contributed by atoms with Gasteiger partial charge < -0.3 is 5.32 Å². The number of carbonyl (C=O) groups is 1. The molecule has 1 amide bonds. The van der Waals surface area contributed by atoms with Crippen LogP contribution in [0, 0.1) is 18.6 Å². The van der Waals surface area contributed by atoms with Gasteiger partial charge in [-0.1, -0.05) is 6.07 Å². The minimum atomic E-state index is -0.353. The zero-order valence-corrected chi connectivity index (χ0v) is 11.6. The normalized spacial score (nSPS) is 10.3. The molecule has 0 bridgehead atoms. The van der Waals surface area contributed by atoms with Gasteiger partial charge in [-0.2, -0.15) is 0 Å². The van der Waals surface area contributed by atoms with E-state index in [1.807, 2.05) is 0 Å². The molecule has 0 aliphatic heterocycles. The van der Waals surface area contributed by atoms with Crippen LogP contribution in [0.1, 0.15) is 5.56 Å². The van der Waals surface area contributed by atoms with Crippen molar-refractivity contribution >= 4 is 23.4 Å². The Bertz CT molecular complexity index is 614. The molecule has 0 aromatic heterocycles. The van der Waals surface area contributed by atoms with Gasteiger partial charge in [0.25, 0.3) is 0 Å². The molecule has 2 aromatic carbocycles. The summed E-state index contributed by atoms with van der Waals surface area (Å²) in [5.41, 5.74) is 0.877. The molecular formula is C15H13F2NOS. The number of amides is 1. The SMILES string of the molecule is Cc1c(F)cccc1NC(=O)CSc1ccc(F)cc1. The van der Waals surface area contributed by atoms with Gasteiger partial charge in [-0.25, -0.2) is 8.78 Å². The number of benzene rings is 2. The van der Waals surface area contributed by atoms with E-state index in [4.69, 9.17) is 0 Å². The lowest BCUT2D eigenvalue weighted by molar-refractivity contribution is -0.113. The Morgan fingerprint density at radius 3 is 2.55 bits per heavy atom. The summed E-state index contributed by atoms with van der Waals surface area (Å²) in [5, 5.41) is 2.66. The highest BCUT2D eigenvalue weighted by atomic mass is 32.2. The summed E-state index contributed by atoms with van der Waals surface area (Å²) in [5.74, 6) is -0.710. The zero-order chi connectivity index (χ0) is 14.5. The molecule has 0 spiro atoms. The van der Waals surface area contributed by atoms with Crippen LogP contribution < -0.4 is 5.32 Å². The Balaban J connectivity index is 1.92. The molecule has 0 atom stereocenters. The molecule has 0 aliphatic carbocycles. The smallest absolute Gasteiger partial charge is 0.234 e. The average molecular weight is 293 g/mol. The van der Waals surface area contributed by atoms with Gasteiger partial charge in [0, 0.05) is 16.1 Å². The highest BCUT2D eigenvalue weighted by Crippen LogP contribution is 2.20. The second-order valence-corrected chi connectivity index (χ2v) is 5.25. The lowest BCUT2D eigenvalue weighted by Crippen LogP contribution is -2.15. The zero-order valence-electron chi connectivity index (χ0n) is 10.8. The fourth-order valence-electron chi connectivity index (χ4n) is 1.61. The molecule has 104 valence electrons. The number of thioether (sulfide) groups is 1. The van der Waals surface area contributed by atoms with Crippen molar-refractivity contribution in [3.05, 3.63) is 59.7 Å². The van der Waals surface area contributed by atoms with E-state index in [9.17, 15) is 13.6 Å². The first-order valence-corrected chi connectivity index (χ1v) is 6.98. The van der Waals surface area contributed by atoms with Crippen molar-refractivity contribution in [2.24, 2.45) is 0 Å². The standard InChI is InChI=1S/C15H13F2NOS/c1-10-13(17)3-2-4-14(10)18-15(19)9-20-12-7-5-11(16)6-8-12/h2-8H,9H2,1H3,(H,18,19). The van der Waals surface area contributed by atoms with Crippen molar-refractivity contribution in [3.8, 4) is 0 Å². The summed E-state index contributed by atoms with van der Waals surface area (Å²) in [6, 6.07) is 10.5. The third-order valence-corrected chi connectivity index (χ3v) is 3.74. The summed E-state index contributed by atoms with van der Waals surface area (Å²) in [4.78, 5) is 12.6. The maximum atomic E-state index is 13.3. The molecule has 2 rings (SSSR count). The molecule has 0 saturated heterocycles. The number of hydrogen-bond donors (Lipinski definition) is 1. The quantitative estimate of drug-likeness (QED) is 0.863. The largest absolute Gasteiger partial charge is 0.325 e. The van der Waals surface area contributed by atoms with Crippen molar-refractivity contribution in [2.75, 3.05) is 11.1 Å². The highest BCUT2D eigenvalue weighted by molar-refractivity contribution is 8.00. The van der Waals surface area contributed by atoms with E-state index in [0.29, 0.717) is 11.3 Å². The highest BCUT2D eigenvalue weighted by Gasteiger charge is 2.08. The molecule has 0 saturated carbocycles. The minimum Gasteiger partial charge on any atom is -0.325 e. The van der Waals surface area contributed by atoms with Crippen molar-refractivity contribution in [1.29, 1.82) is 0 Å². The van der Waals surface area contributed by atoms with Gasteiger partial charge in [-0.15, -0.1) is 11.8 Å². The van der Waals surface area contributed by atoms with Crippen LogP contribution >= 0.6 is 11.8 Å². The van der Waals surface area contributed by atoms with Crippen LogP contribution in [0.3, 0.4) is 0 Å². The maximum Gasteiger partial charge on any atom is 0.234 e. The van der Waals surface area contributed by atoms with Crippen LogP contribution in [0.25, 0.3) is 0 Å². The third-order valence-electron chi connectivity index (χ3n) is 2.73. The Hall–Kier alpha value is -1.88. The number of carbonyl (C=O) groups excluding carboxylic acids is 1. The fraction of sp³-hybridized carbons (Fsp3) is 0.133. The molecule has 1 N–H and O–H groups in total. The molecule has 0 unspecified atom stereocenters. The van der Waals surface area contributed by atoms with E-state index in [1.165, 1.54) is 30.0 Å². The summed E-state index contributed by atoms with van der Waals surface area (Å²) in [6.07, 6.45) is 0. The number of halogens is 2. The minimum absolute atomic E-state index is 0.182. The van der Waals surface area contributed by atoms with Crippen molar-refractivity contribution in [3.63, 3.8) is 0 Å². The van der Waals surface area contributed by atoms with E-state index in [-0.39, 0.29) is 23.3 Å². The van der Waals surface area contributed by atoms with Gasteiger partial charge in [-0.05, 0) is 43.3 Å². The number of nitrogens with one attached hydrogen (secondary N) is 1. The molecule has 5 heteroatoms. The van der Waals surface area contributed by atoms with Gasteiger partial charge in [0.1, 0.15) is 11.6 Å². The summed E-state index contributed by atoms with van der Waals surface area (Å²) >= 11 is 1.29. The van der Waals surface area contributed by atoms with Crippen molar-refractivity contribution in [2.45, 2.75) is 11.8 Å². The van der Waals surface area contributed by atoms with Crippen LogP contribution in [0.5, 0.6) is 0 Å². The number of rotatable bonds is 4. The van der Waals surface area contributed by atoms with Crippen molar-refractivity contribution < 1.29 is 13.6 Å². The number of anilines is 1. The Labute approximate surface area is 120 Å². The Kier molecular flexibility index (Phi) is 4.74. The summed E-state index contributed by atoms with van der Waals surface area (Å²) < 4.78 is 26.1. The van der Waals surface area contributed by atoms with Gasteiger partial charge in [0.2, 0.25) is 5.91 Å². The molecular weight excluding hydrogens is 280 g/mol. The van der Waals surface area contributed by atoms with Crippen LogP contribution in [0.15, 0.2) is 47.4 Å². The molecule has 0 fully saturated rings. The van der Waals surface area contributed by atoms with E-state index >= 15 is 0 Å². The van der Waals surface area contributed by atoms with Gasteiger partial charge >= 0.3 is 0 Å². The molecule has 2 aromatic rings. The maximum absolute atomic E-state index is 13.3. The lowest BCUT2D eigenvalue weighted by Gasteiger charge is -2.08. The first kappa shape index (κ1) is 14.5. The predicted molar refractivity (Wildman–Crippen MR) is 76.9 cm³/mol. The second kappa shape index (κ2) is 6.52. The Morgan fingerprint density at radius 2 is 1.85 bits per heavy atom. The molecule has 20 heavy (non-hydrogen) atoms. The van der Waals surface area contributed by atoms with Gasteiger partial charge in [-0.3, -0.25) is 4.79 Å². The van der Waals surface area contributed by atoms with E-state index in [0.717, 1.165) is 4.90 Å². The predicted octanol–water partition coefficient (Wildman–Crippen LogP) is 4.00. The van der Waals surface area contributed by atoms with Crippen LogP contribution in [-0.2, 0) is 4.79 Å². The average Bonchev–Trinajstić information content (AvgIpc) is 2.43. The topological polar surface area (TPSA) is 29.1 Å². The van der Waals surface area contributed by atoms with E-state index in [1.54, 1.807) is 31.2 Å². The molecule has 0 aliphatic rings. The van der Waals surface area contributed by atoms with Crippen molar-refractivity contribution in [1.82, 2.24) is 0 Å². The summed E-state index contributed by atoms with van der Waals surface area (Å²) in [6.45, 7) is 1.61. The molecule has 0 radical (unpaired) electrons. The fourth-order valence-corrected chi connectivity index (χ4v) is 2.31. The molecule has 2 nitrogen and oxygen atoms in total. The van der Waals surface area contributed by atoms with Gasteiger partial charge in [0.15, 0.2) is 0 Å². The number of hydrogen-bond acceptors (Lipinski definition) is 2. The van der Waals surface area contributed by atoms with Crippen LogP contribution in [-0.4, -0.2) is 11.7 Å². The van der Waals surface area contributed by atoms with E-state index in [2.05, 4.69) is 5.32 Å². The molecule has 0 heterocycles. The van der Waals surface area contributed by atoms with Gasteiger partial charge in [0.05, 0.1) is 5.75 Å². The summed E-state index contributed by atoms with van der Waals surface area (Å²) in [7, 11) is 0. The van der Waals surface area contributed by atoms with E-state index < -0.39 is 0 Å². The first-order chi connectivity index (χ1) is 9.56. The Morgan fingerprint density at radius 1 is 1.15 bits per heavy atom. The third kappa shape index (κ3) is 3.81.